The van der Waals surface area contributed by atoms with Crippen molar-refractivity contribution in [3.05, 3.63) is 39.6 Å². The third-order valence-electron chi connectivity index (χ3n) is 2.65. The van der Waals surface area contributed by atoms with E-state index in [-0.39, 0.29) is 15.4 Å². The standard InChI is InChI=1S/C11H8ClN7OS/c1-6-4-7(2-3-8(6)19-5-13-17-18-19)14-9(20)10-15-16-11(12)21-10/h2-5H,1H3,(H,14,20). The SMILES string of the molecule is Cc1cc(NC(=O)c2nnc(Cl)s2)ccc1-n1cnnn1. The van der Waals surface area contributed by atoms with E-state index in [1.165, 1.54) is 6.33 Å². The molecule has 1 amide bonds. The predicted octanol–water partition coefficient (Wildman–Crippen LogP) is 1.73. The summed E-state index contributed by atoms with van der Waals surface area (Å²) in [5.41, 5.74) is 2.38. The van der Waals surface area contributed by atoms with E-state index in [0.717, 1.165) is 22.6 Å². The maximum atomic E-state index is 12.0. The van der Waals surface area contributed by atoms with Gasteiger partial charge < -0.3 is 5.32 Å². The van der Waals surface area contributed by atoms with Crippen LogP contribution >= 0.6 is 22.9 Å². The van der Waals surface area contributed by atoms with Gasteiger partial charge in [-0.15, -0.1) is 15.3 Å². The van der Waals surface area contributed by atoms with Gasteiger partial charge in [-0.25, -0.2) is 4.68 Å². The van der Waals surface area contributed by atoms with Gasteiger partial charge in [-0.1, -0.05) is 11.3 Å². The molecule has 0 bridgehead atoms. The second kappa shape index (κ2) is 5.54. The Morgan fingerprint density at radius 2 is 2.24 bits per heavy atom. The number of nitrogens with zero attached hydrogens (tertiary/aromatic N) is 6. The maximum Gasteiger partial charge on any atom is 0.286 e. The van der Waals surface area contributed by atoms with Crippen LogP contribution in [-0.2, 0) is 0 Å². The number of rotatable bonds is 3. The van der Waals surface area contributed by atoms with E-state index in [9.17, 15) is 4.79 Å². The number of aromatic nitrogens is 6. The molecule has 2 heterocycles. The van der Waals surface area contributed by atoms with Gasteiger partial charge in [0.2, 0.25) is 9.47 Å². The summed E-state index contributed by atoms with van der Waals surface area (Å²) in [7, 11) is 0. The molecule has 1 N–H and O–H groups in total. The first-order chi connectivity index (χ1) is 10.1. The van der Waals surface area contributed by atoms with E-state index in [4.69, 9.17) is 11.6 Å². The summed E-state index contributed by atoms with van der Waals surface area (Å²) < 4.78 is 1.77. The summed E-state index contributed by atoms with van der Waals surface area (Å²) in [6.07, 6.45) is 1.50. The molecule has 0 radical (unpaired) electrons. The zero-order valence-corrected chi connectivity index (χ0v) is 12.3. The highest BCUT2D eigenvalue weighted by molar-refractivity contribution is 7.17. The molecular formula is C11H8ClN7OS. The Labute approximate surface area is 127 Å². The lowest BCUT2D eigenvalue weighted by atomic mass is 10.2. The van der Waals surface area contributed by atoms with Gasteiger partial charge in [-0.3, -0.25) is 4.79 Å². The quantitative estimate of drug-likeness (QED) is 0.788. The fraction of sp³-hybridized carbons (Fsp3) is 0.0909. The van der Waals surface area contributed by atoms with Crippen molar-refractivity contribution >= 4 is 34.5 Å². The van der Waals surface area contributed by atoms with Gasteiger partial charge in [-0.05, 0) is 52.7 Å². The Morgan fingerprint density at radius 1 is 1.38 bits per heavy atom. The summed E-state index contributed by atoms with van der Waals surface area (Å²) in [4.78, 5) is 12.0. The van der Waals surface area contributed by atoms with Crippen molar-refractivity contribution in [2.45, 2.75) is 6.92 Å². The second-order valence-electron chi connectivity index (χ2n) is 4.07. The highest BCUT2D eigenvalue weighted by atomic mass is 35.5. The topological polar surface area (TPSA) is 98.5 Å². The lowest BCUT2D eigenvalue weighted by molar-refractivity contribution is 0.102. The van der Waals surface area contributed by atoms with Crippen LogP contribution in [0.3, 0.4) is 0 Å². The molecule has 0 fully saturated rings. The van der Waals surface area contributed by atoms with E-state index < -0.39 is 0 Å². The number of aryl methyl sites for hydroxylation is 1. The molecule has 0 saturated heterocycles. The van der Waals surface area contributed by atoms with E-state index in [1.807, 2.05) is 19.1 Å². The molecule has 0 saturated carbocycles. The molecule has 1 aromatic carbocycles. The van der Waals surface area contributed by atoms with Crippen molar-refractivity contribution in [1.82, 2.24) is 30.4 Å². The molecule has 8 nitrogen and oxygen atoms in total. The fourth-order valence-electron chi connectivity index (χ4n) is 1.74. The number of hydrogen-bond acceptors (Lipinski definition) is 7. The molecule has 0 aliphatic heterocycles. The van der Waals surface area contributed by atoms with Crippen molar-refractivity contribution in [1.29, 1.82) is 0 Å². The Hall–Kier alpha value is -2.39. The average Bonchev–Trinajstić information content (AvgIpc) is 3.10. The number of anilines is 1. The third-order valence-corrected chi connectivity index (χ3v) is 3.66. The first kappa shape index (κ1) is 13.6. The highest BCUT2D eigenvalue weighted by Crippen LogP contribution is 2.20. The molecule has 2 aromatic heterocycles. The molecule has 0 spiro atoms. The number of tetrazole rings is 1. The van der Waals surface area contributed by atoms with Crippen LogP contribution in [0.2, 0.25) is 4.47 Å². The number of carbonyl (C=O) groups is 1. The van der Waals surface area contributed by atoms with Crippen molar-refractivity contribution in [2.24, 2.45) is 0 Å². The van der Waals surface area contributed by atoms with Crippen LogP contribution in [0, 0.1) is 6.92 Å². The van der Waals surface area contributed by atoms with E-state index in [1.54, 1.807) is 10.7 Å². The van der Waals surface area contributed by atoms with Gasteiger partial charge in [0.15, 0.2) is 0 Å². The number of benzene rings is 1. The Bertz CT molecular complexity index is 786. The van der Waals surface area contributed by atoms with Crippen LogP contribution in [0.15, 0.2) is 24.5 Å². The fourth-order valence-corrected chi connectivity index (χ4v) is 2.47. The van der Waals surface area contributed by atoms with Gasteiger partial charge in [-0.2, -0.15) is 0 Å². The van der Waals surface area contributed by atoms with Crippen molar-refractivity contribution in [3.63, 3.8) is 0 Å². The van der Waals surface area contributed by atoms with Crippen LogP contribution in [0.5, 0.6) is 0 Å². The molecule has 3 rings (SSSR count). The first-order valence-corrected chi connectivity index (χ1v) is 6.97. The second-order valence-corrected chi connectivity index (χ2v) is 5.63. The number of halogens is 1. The summed E-state index contributed by atoms with van der Waals surface area (Å²) in [5, 5.41) is 21.2. The van der Waals surface area contributed by atoms with E-state index in [2.05, 4.69) is 31.0 Å². The molecule has 3 aromatic rings. The lowest BCUT2D eigenvalue weighted by Gasteiger charge is -2.08. The molecule has 106 valence electrons. The van der Waals surface area contributed by atoms with Crippen molar-refractivity contribution in [3.8, 4) is 5.69 Å². The molecular weight excluding hydrogens is 314 g/mol. The monoisotopic (exact) mass is 321 g/mol. The van der Waals surface area contributed by atoms with Crippen LogP contribution < -0.4 is 5.32 Å². The highest BCUT2D eigenvalue weighted by Gasteiger charge is 2.13. The van der Waals surface area contributed by atoms with Crippen LogP contribution in [0.25, 0.3) is 5.69 Å². The van der Waals surface area contributed by atoms with Gasteiger partial charge in [0.25, 0.3) is 5.91 Å². The van der Waals surface area contributed by atoms with Gasteiger partial charge in [0.05, 0.1) is 5.69 Å². The van der Waals surface area contributed by atoms with Gasteiger partial charge in [0, 0.05) is 5.69 Å². The maximum absolute atomic E-state index is 12.0. The van der Waals surface area contributed by atoms with E-state index >= 15 is 0 Å². The van der Waals surface area contributed by atoms with Crippen LogP contribution in [0.1, 0.15) is 15.4 Å². The van der Waals surface area contributed by atoms with E-state index in [0.29, 0.717) is 5.69 Å². The first-order valence-electron chi connectivity index (χ1n) is 5.78. The van der Waals surface area contributed by atoms with Gasteiger partial charge >= 0.3 is 0 Å². The number of hydrogen-bond donors (Lipinski definition) is 1. The molecule has 0 aliphatic rings. The zero-order chi connectivity index (χ0) is 14.8. The van der Waals surface area contributed by atoms with Crippen LogP contribution in [0.4, 0.5) is 5.69 Å². The van der Waals surface area contributed by atoms with Crippen molar-refractivity contribution in [2.75, 3.05) is 5.32 Å². The Morgan fingerprint density at radius 3 is 2.86 bits per heavy atom. The number of amides is 1. The molecule has 0 unspecified atom stereocenters. The largest absolute Gasteiger partial charge is 0.320 e. The summed E-state index contributed by atoms with van der Waals surface area (Å²) in [6, 6.07) is 5.39. The summed E-state index contributed by atoms with van der Waals surface area (Å²) in [6.45, 7) is 1.90. The minimum atomic E-state index is -0.353. The number of nitrogens with one attached hydrogen (secondary N) is 1. The summed E-state index contributed by atoms with van der Waals surface area (Å²) in [5.74, 6) is -0.353. The van der Waals surface area contributed by atoms with Crippen molar-refractivity contribution < 1.29 is 4.79 Å². The normalized spacial score (nSPS) is 10.6. The molecule has 21 heavy (non-hydrogen) atoms. The number of carbonyl (C=O) groups excluding carboxylic acids is 1. The molecule has 10 heteroatoms. The molecule has 0 atom stereocenters. The van der Waals surface area contributed by atoms with Gasteiger partial charge in [0.1, 0.15) is 6.33 Å². The van der Waals surface area contributed by atoms with Crippen LogP contribution in [-0.4, -0.2) is 36.3 Å². The zero-order valence-electron chi connectivity index (χ0n) is 10.7. The summed E-state index contributed by atoms with van der Waals surface area (Å²) >= 11 is 6.67. The average molecular weight is 322 g/mol. The molecule has 0 aliphatic carbocycles. The minimum absolute atomic E-state index is 0.210. The Balaban J connectivity index is 1.81. The third kappa shape index (κ3) is 2.88. The Kier molecular flexibility index (Phi) is 3.59. The minimum Gasteiger partial charge on any atom is -0.320 e. The smallest absolute Gasteiger partial charge is 0.286 e. The lowest BCUT2D eigenvalue weighted by Crippen LogP contribution is -2.12. The predicted molar refractivity (Wildman–Crippen MR) is 76.8 cm³/mol.